The highest BCUT2D eigenvalue weighted by molar-refractivity contribution is 5.73. The monoisotopic (exact) mass is 802 g/mol. The van der Waals surface area contributed by atoms with E-state index < -0.39 is 9.85 Å². The molecule has 0 aromatic heterocycles. The van der Waals surface area contributed by atoms with Crippen LogP contribution in [0.15, 0.2) is 109 Å². The minimum absolute atomic E-state index is 0.0204. The van der Waals surface area contributed by atoms with Gasteiger partial charge >= 0.3 is 0 Å². The van der Waals surface area contributed by atoms with Gasteiger partial charge in [-0.2, -0.15) is 0 Å². The maximum atomic E-state index is 12.1. The Morgan fingerprint density at radius 2 is 0.783 bits per heavy atom. The van der Waals surface area contributed by atoms with Gasteiger partial charge in [-0.15, -0.1) is 0 Å². The Morgan fingerprint density at radius 1 is 0.483 bits per heavy atom. The van der Waals surface area contributed by atoms with Crippen LogP contribution in [0.25, 0.3) is 24.3 Å². The number of ether oxygens (including phenoxy) is 2. The first kappa shape index (κ1) is 41.0. The number of nitrogens with zero attached hydrogens (tertiary/aromatic N) is 2. The highest BCUT2D eigenvalue weighted by Crippen LogP contribution is 2.39. The summed E-state index contributed by atoms with van der Waals surface area (Å²) in [4.78, 5) is 21.6. The van der Waals surface area contributed by atoms with Gasteiger partial charge in [-0.05, 0) is 128 Å². The Kier molecular flexibility index (Phi) is 12.7. The van der Waals surface area contributed by atoms with E-state index in [1.54, 1.807) is 24.3 Å². The average Bonchev–Trinajstić information content (AvgIpc) is 3.24. The first-order valence-corrected chi connectivity index (χ1v) is 20.1. The number of phenolic OH excluding ortho intramolecular Hbond substituents is 2. The van der Waals surface area contributed by atoms with Gasteiger partial charge in [0.15, 0.2) is 0 Å². The summed E-state index contributed by atoms with van der Waals surface area (Å²) in [5.74, 6) is 1.76. The van der Waals surface area contributed by atoms with Crippen LogP contribution in [0.3, 0.4) is 0 Å². The van der Waals surface area contributed by atoms with Gasteiger partial charge in [0, 0.05) is 49.9 Å². The van der Waals surface area contributed by atoms with Crippen molar-refractivity contribution in [3.63, 3.8) is 0 Å². The van der Waals surface area contributed by atoms with Gasteiger partial charge in [0.25, 0.3) is 11.4 Å². The summed E-state index contributed by atoms with van der Waals surface area (Å²) >= 11 is 0. The molecule has 8 bridgehead atoms. The average molecular weight is 803 g/mol. The lowest BCUT2D eigenvalue weighted by atomic mass is 9.89. The Hall–Kier alpha value is -7.20. The Bertz CT molecular complexity index is 2320. The molecule has 0 radical (unpaired) electrons. The lowest BCUT2D eigenvalue weighted by Crippen LogP contribution is -2.07. The van der Waals surface area contributed by atoms with Crippen LogP contribution < -0.4 is 9.47 Å². The van der Waals surface area contributed by atoms with Crippen molar-refractivity contribution in [3.8, 4) is 23.0 Å². The maximum Gasteiger partial charge on any atom is 0.269 e. The van der Waals surface area contributed by atoms with Crippen molar-refractivity contribution in [1.82, 2.24) is 0 Å². The van der Waals surface area contributed by atoms with Crippen LogP contribution in [0, 0.1) is 20.2 Å². The van der Waals surface area contributed by atoms with Gasteiger partial charge in [-0.3, -0.25) is 20.2 Å². The minimum Gasteiger partial charge on any atom is -0.507 e. The van der Waals surface area contributed by atoms with Crippen molar-refractivity contribution in [2.75, 3.05) is 13.2 Å². The summed E-state index contributed by atoms with van der Waals surface area (Å²) < 4.78 is 13.0. The van der Waals surface area contributed by atoms with E-state index in [1.807, 2.05) is 98.8 Å². The van der Waals surface area contributed by atoms with E-state index >= 15 is 0 Å². The predicted octanol–water partition coefficient (Wildman–Crippen LogP) is 11.5. The molecule has 0 fully saturated rings. The van der Waals surface area contributed by atoms with Crippen LogP contribution in [0.5, 0.6) is 23.0 Å². The third kappa shape index (κ3) is 9.56. The molecule has 6 aromatic carbocycles. The summed E-state index contributed by atoms with van der Waals surface area (Å²) in [6, 6.07) is 32.6. The number of phenols is 2. The Labute approximate surface area is 349 Å². The van der Waals surface area contributed by atoms with E-state index in [4.69, 9.17) is 9.47 Å². The number of fused-ring (bicyclic) bond motifs is 8. The molecule has 0 unspecified atom stereocenters. The fourth-order valence-electron chi connectivity index (χ4n) is 7.54. The zero-order valence-corrected chi connectivity index (χ0v) is 33.6. The molecule has 1 aliphatic carbocycles. The van der Waals surface area contributed by atoms with Crippen LogP contribution in [-0.4, -0.2) is 33.3 Å². The number of para-hydroxylation sites is 2. The van der Waals surface area contributed by atoms with Crippen LogP contribution in [0.2, 0.25) is 0 Å². The smallest absolute Gasteiger partial charge is 0.269 e. The summed E-state index contributed by atoms with van der Waals surface area (Å²) in [6.07, 6.45) is 10.7. The van der Waals surface area contributed by atoms with E-state index in [0.29, 0.717) is 72.6 Å². The predicted molar refractivity (Wildman–Crippen MR) is 236 cm³/mol. The molecule has 2 N–H and O–H groups in total. The summed E-state index contributed by atoms with van der Waals surface area (Å²) in [5, 5.41) is 46.6. The quantitative estimate of drug-likeness (QED) is 0.0705. The molecule has 0 heterocycles. The zero-order chi connectivity index (χ0) is 42.2. The molecule has 7 rings (SSSR count). The fraction of sp³-hybridized carbons (Fsp3) is 0.200. The molecule has 1 aliphatic rings. The number of benzene rings is 6. The van der Waals surface area contributed by atoms with E-state index in [-0.39, 0.29) is 22.9 Å². The molecule has 0 atom stereocenters. The number of nitro benzene ring substituents is 2. The molecular formula is C50H46N2O8. The largest absolute Gasteiger partial charge is 0.507 e. The van der Waals surface area contributed by atoms with Crippen molar-refractivity contribution < 1.29 is 29.5 Å². The van der Waals surface area contributed by atoms with Crippen molar-refractivity contribution in [1.29, 1.82) is 0 Å². The second-order valence-electron chi connectivity index (χ2n) is 15.0. The topological polar surface area (TPSA) is 145 Å². The molecule has 10 heteroatoms. The van der Waals surface area contributed by atoms with Crippen LogP contribution in [-0.2, 0) is 25.7 Å². The van der Waals surface area contributed by atoms with Gasteiger partial charge < -0.3 is 19.7 Å². The second kappa shape index (κ2) is 18.6. The number of hydrogen-bond acceptors (Lipinski definition) is 8. The zero-order valence-electron chi connectivity index (χ0n) is 33.6. The number of nitro groups is 2. The van der Waals surface area contributed by atoms with E-state index in [0.717, 1.165) is 57.3 Å². The first-order valence-electron chi connectivity index (χ1n) is 20.1. The second-order valence-corrected chi connectivity index (χ2v) is 15.0. The van der Waals surface area contributed by atoms with Gasteiger partial charge in [0.2, 0.25) is 0 Å². The lowest BCUT2D eigenvalue weighted by Gasteiger charge is -2.21. The molecule has 0 saturated carbocycles. The minimum atomic E-state index is -0.420. The number of non-ortho nitro benzene ring substituents is 2. The normalized spacial score (nSPS) is 12.4. The van der Waals surface area contributed by atoms with Crippen molar-refractivity contribution >= 4 is 35.7 Å². The van der Waals surface area contributed by atoms with E-state index in [9.17, 15) is 30.4 Å². The number of aromatic hydroxyl groups is 2. The number of hydrogen-bond donors (Lipinski definition) is 2. The fourth-order valence-corrected chi connectivity index (χ4v) is 7.54. The molecule has 0 saturated heterocycles. The van der Waals surface area contributed by atoms with Gasteiger partial charge in [-0.1, -0.05) is 74.5 Å². The molecule has 0 amide bonds. The van der Waals surface area contributed by atoms with Gasteiger partial charge in [0.1, 0.15) is 23.0 Å². The summed E-state index contributed by atoms with van der Waals surface area (Å²) in [6.45, 7) is 5.05. The number of rotatable bonds is 12. The van der Waals surface area contributed by atoms with E-state index in [1.165, 1.54) is 24.3 Å². The van der Waals surface area contributed by atoms with Crippen LogP contribution in [0.1, 0.15) is 93.5 Å². The van der Waals surface area contributed by atoms with Crippen LogP contribution >= 0.6 is 0 Å². The third-order valence-electron chi connectivity index (χ3n) is 10.5. The SMILES string of the molecule is CCCOc1c2cccc1Cc1cc(/C=C/c3ccc([N+](=O)[O-])cc3)cc(c1O)Cc1cccc(c1OCCC)Cc1cc(/C=C/c3ccc([N+](=O)[O-])cc3)cc(c1O)C2. The highest BCUT2D eigenvalue weighted by Gasteiger charge is 2.21. The molecule has 6 aromatic rings. The third-order valence-corrected chi connectivity index (χ3v) is 10.5. The van der Waals surface area contributed by atoms with Crippen molar-refractivity contribution in [2.24, 2.45) is 0 Å². The lowest BCUT2D eigenvalue weighted by molar-refractivity contribution is -0.385. The van der Waals surface area contributed by atoms with Gasteiger partial charge in [-0.25, -0.2) is 0 Å². The molecular weight excluding hydrogens is 757 g/mol. The summed E-state index contributed by atoms with van der Waals surface area (Å²) in [5.41, 5.74) is 9.70. The van der Waals surface area contributed by atoms with Crippen molar-refractivity contribution in [3.05, 3.63) is 196 Å². The highest BCUT2D eigenvalue weighted by atomic mass is 16.6. The molecule has 60 heavy (non-hydrogen) atoms. The maximum absolute atomic E-state index is 12.1. The molecule has 0 spiro atoms. The molecule has 10 nitrogen and oxygen atoms in total. The van der Waals surface area contributed by atoms with Crippen molar-refractivity contribution in [2.45, 2.75) is 52.4 Å². The molecule has 0 aliphatic heterocycles. The Balaban J connectivity index is 1.38. The van der Waals surface area contributed by atoms with Crippen LogP contribution in [0.4, 0.5) is 11.4 Å². The summed E-state index contributed by atoms with van der Waals surface area (Å²) in [7, 11) is 0. The standard InChI is InChI=1S/C50H46N2O8/c1-3-23-59-49-37-7-5-8-38(49)30-42-26-36(14-12-34-17-21-46(22-18-34)52(57)58)28-44(48(42)54)32-40-10-6-9-39(50(40)60-24-4-2)31-43-27-35(25-41(29-37)47(43)53)13-11-33-15-19-45(20-16-33)51(55)56/h5-22,25-28,53-54H,3-4,23-24,29-32H2,1-2H3/b13-11+,14-12+. The first-order chi connectivity index (χ1) is 29.1. The molecule has 304 valence electrons. The van der Waals surface area contributed by atoms with Gasteiger partial charge in [0.05, 0.1) is 23.1 Å². The van der Waals surface area contributed by atoms with E-state index in [2.05, 4.69) is 0 Å². The Morgan fingerprint density at radius 3 is 1.07 bits per heavy atom.